The van der Waals surface area contributed by atoms with Crippen molar-refractivity contribution in [1.29, 1.82) is 0 Å². The minimum absolute atomic E-state index is 0. The molecule has 7 aromatic rings. The van der Waals surface area contributed by atoms with Crippen molar-refractivity contribution < 1.29 is 69.1 Å². The SMILES string of the molecule is O=C(O)c1ccc(-c2c3nc(c(-c4ccc(C(=O)O)cc4)c4ccc([n-]4)c(-c4ccc(C(=O)O)cc4)c4nc(c(-c5ccc(C(=O)O)cc5)c5ccc2[n-]5)C=C4)C=C3)cc1.[Cl-].[Fe]. The van der Waals surface area contributed by atoms with E-state index in [0.29, 0.717) is 89.4 Å². The van der Waals surface area contributed by atoms with E-state index in [4.69, 9.17) is 19.9 Å². The Morgan fingerprint density at radius 1 is 0.339 bits per heavy atom. The first-order valence-electron chi connectivity index (χ1n) is 18.4. The summed E-state index contributed by atoms with van der Waals surface area (Å²) < 4.78 is 0. The van der Waals surface area contributed by atoms with E-state index in [0.717, 1.165) is 0 Å². The van der Waals surface area contributed by atoms with Crippen LogP contribution in [0.25, 0.3) is 90.9 Å². The van der Waals surface area contributed by atoms with Crippen molar-refractivity contribution in [2.24, 2.45) is 0 Å². The third-order valence-electron chi connectivity index (χ3n) is 10.3. The molecule has 3 aromatic heterocycles. The van der Waals surface area contributed by atoms with Crippen LogP contribution in [0.15, 0.2) is 121 Å². The Hall–Kier alpha value is -7.83. The second-order valence-electron chi connectivity index (χ2n) is 13.9. The summed E-state index contributed by atoms with van der Waals surface area (Å²) >= 11 is 0. The summed E-state index contributed by atoms with van der Waals surface area (Å²) in [7, 11) is 0. The van der Waals surface area contributed by atoms with Crippen LogP contribution in [-0.2, 0) is 17.1 Å². The van der Waals surface area contributed by atoms with E-state index in [9.17, 15) is 39.6 Å². The summed E-state index contributed by atoms with van der Waals surface area (Å²) in [5, 5.41) is 38.7. The number of halogens is 1. The molecule has 0 aliphatic carbocycles. The van der Waals surface area contributed by atoms with Crippen LogP contribution in [0, 0.1) is 0 Å². The number of aromatic nitrogens is 4. The maximum absolute atomic E-state index is 11.8. The number of benzene rings is 4. The zero-order valence-corrected chi connectivity index (χ0v) is 33.7. The van der Waals surface area contributed by atoms with Gasteiger partial charge < -0.3 is 42.8 Å². The monoisotopic (exact) mass is 879 g/mol. The molecule has 0 amide bonds. The molecule has 0 saturated carbocycles. The summed E-state index contributed by atoms with van der Waals surface area (Å²) in [6.07, 6.45) is 7.33. The number of fused-ring (bicyclic) bond motifs is 8. The fraction of sp³-hybridized carbons (Fsp3) is 0. The van der Waals surface area contributed by atoms with Crippen LogP contribution < -0.4 is 22.4 Å². The molecule has 0 saturated heterocycles. The first-order chi connectivity index (χ1) is 29.0. The van der Waals surface area contributed by atoms with Gasteiger partial charge in [-0.1, -0.05) is 72.8 Å². The number of nitrogens with zero attached hydrogens (tertiary/aromatic N) is 4. The quantitative estimate of drug-likeness (QED) is 0.123. The minimum atomic E-state index is -1.07. The van der Waals surface area contributed by atoms with Gasteiger partial charge in [0, 0.05) is 17.1 Å². The summed E-state index contributed by atoms with van der Waals surface area (Å²) in [5.41, 5.74) is 9.53. The summed E-state index contributed by atoms with van der Waals surface area (Å²) in [5.74, 6) is -4.30. The van der Waals surface area contributed by atoms with E-state index in [1.54, 1.807) is 48.5 Å². The van der Waals surface area contributed by atoms with E-state index in [-0.39, 0.29) is 51.7 Å². The molecule has 306 valence electrons. The average Bonchev–Trinajstić information content (AvgIpc) is 4.10. The molecular formula is C48H28ClFeN4O8-3. The molecule has 0 unspecified atom stereocenters. The molecule has 14 heteroatoms. The molecule has 8 bridgehead atoms. The Bertz CT molecular complexity index is 2770. The van der Waals surface area contributed by atoms with Crippen LogP contribution in [0.4, 0.5) is 0 Å². The number of carboxylic acids is 4. The number of aromatic carboxylic acids is 4. The maximum Gasteiger partial charge on any atom is 0.335 e. The molecule has 0 atom stereocenters. The van der Waals surface area contributed by atoms with Crippen molar-refractivity contribution in [1.82, 2.24) is 19.9 Å². The molecule has 12 nitrogen and oxygen atoms in total. The van der Waals surface area contributed by atoms with Crippen molar-refractivity contribution >= 4 is 70.2 Å². The third-order valence-corrected chi connectivity index (χ3v) is 10.3. The molecule has 4 N–H and O–H groups in total. The molecule has 62 heavy (non-hydrogen) atoms. The van der Waals surface area contributed by atoms with Crippen LogP contribution in [0.1, 0.15) is 64.2 Å². The predicted octanol–water partition coefficient (Wildman–Crippen LogP) is 6.38. The summed E-state index contributed by atoms with van der Waals surface area (Å²) in [6, 6.07) is 33.0. The Kier molecular flexibility index (Phi) is 11.6. The first kappa shape index (κ1) is 42.3. The van der Waals surface area contributed by atoms with E-state index >= 15 is 0 Å². The van der Waals surface area contributed by atoms with Crippen molar-refractivity contribution in [2.75, 3.05) is 0 Å². The van der Waals surface area contributed by atoms with Gasteiger partial charge in [0.2, 0.25) is 0 Å². The number of carbonyl (C=O) groups is 4. The number of rotatable bonds is 8. The van der Waals surface area contributed by atoms with Gasteiger partial charge in [-0.3, -0.25) is 0 Å². The summed E-state index contributed by atoms with van der Waals surface area (Å²) in [6.45, 7) is 0. The first-order valence-corrected chi connectivity index (χ1v) is 18.4. The third kappa shape index (κ3) is 7.82. The van der Waals surface area contributed by atoms with Gasteiger partial charge in [0.25, 0.3) is 0 Å². The van der Waals surface area contributed by atoms with Crippen LogP contribution in [0.5, 0.6) is 0 Å². The number of carboxylic acid groups (broad SMARTS) is 4. The molecule has 5 heterocycles. The van der Waals surface area contributed by atoms with E-state index in [1.807, 2.05) is 48.6 Å². The zero-order valence-electron chi connectivity index (χ0n) is 31.8. The van der Waals surface area contributed by atoms with Crippen molar-refractivity contribution in [3.05, 3.63) is 166 Å². The average molecular weight is 880 g/mol. The van der Waals surface area contributed by atoms with Crippen LogP contribution in [0.2, 0.25) is 0 Å². The van der Waals surface area contributed by atoms with Crippen molar-refractivity contribution in [3.63, 3.8) is 0 Å². The molecule has 0 spiro atoms. The Morgan fingerprint density at radius 3 is 0.710 bits per heavy atom. The largest absolute Gasteiger partial charge is 1.00 e. The van der Waals surface area contributed by atoms with Gasteiger partial charge >= 0.3 is 23.9 Å². The fourth-order valence-corrected chi connectivity index (χ4v) is 7.39. The molecule has 0 radical (unpaired) electrons. The van der Waals surface area contributed by atoms with Gasteiger partial charge in [0.05, 0.1) is 45.0 Å². The standard InChI is InChI=1S/C48H30N4O8.ClH.Fe/c53-45(54)29-9-1-25(2-10-29)41-33-17-19-35(49-33)42(26-3-11-30(12-4-26)46(55)56)37-21-23-39(51-37)44(28-7-15-32(16-8-28)48(59)60)40-24-22-38(52-40)43(36-20-18-34(41)50-36)27-5-13-31(14-6-27)47(57)58;;/h1-24H,(H6,49,50,51,52,53,54,55,56,57,58,59,60);1H;/p-3. The van der Waals surface area contributed by atoms with Gasteiger partial charge in [-0.25, -0.2) is 29.1 Å². The zero-order chi connectivity index (χ0) is 41.7. The number of hydrogen-bond donors (Lipinski definition) is 4. The van der Waals surface area contributed by atoms with Gasteiger partial charge in [0.15, 0.2) is 0 Å². The van der Waals surface area contributed by atoms with Gasteiger partial charge in [-0.2, -0.15) is 0 Å². The molecular weight excluding hydrogens is 852 g/mol. The predicted molar refractivity (Wildman–Crippen MR) is 226 cm³/mol. The van der Waals surface area contributed by atoms with Crippen molar-refractivity contribution in [3.8, 4) is 44.5 Å². The Balaban J connectivity index is 0.00000289. The molecule has 2 aliphatic heterocycles. The van der Waals surface area contributed by atoms with Crippen LogP contribution in [0.3, 0.4) is 0 Å². The topological polar surface area (TPSA) is 203 Å². The second kappa shape index (κ2) is 17.0. The molecule has 0 fully saturated rings. The Labute approximate surface area is 368 Å². The number of hydrogen-bond acceptors (Lipinski definition) is 6. The smallest absolute Gasteiger partial charge is 0.335 e. The van der Waals surface area contributed by atoms with Crippen LogP contribution in [-0.4, -0.2) is 54.3 Å². The van der Waals surface area contributed by atoms with Crippen molar-refractivity contribution in [2.45, 2.75) is 0 Å². The Morgan fingerprint density at radius 2 is 0.532 bits per heavy atom. The minimum Gasteiger partial charge on any atom is -1.00 e. The van der Waals surface area contributed by atoms with E-state index < -0.39 is 23.9 Å². The van der Waals surface area contributed by atoms with Crippen LogP contribution >= 0.6 is 0 Å². The normalized spacial score (nSPS) is 11.4. The van der Waals surface area contributed by atoms with Gasteiger partial charge in [-0.15, -0.1) is 22.1 Å². The molecule has 4 aromatic carbocycles. The second-order valence-corrected chi connectivity index (χ2v) is 13.9. The van der Waals surface area contributed by atoms with Gasteiger partial charge in [-0.05, 0) is 117 Å². The molecule has 9 rings (SSSR count). The van der Waals surface area contributed by atoms with E-state index in [1.165, 1.54) is 48.5 Å². The fourth-order valence-electron chi connectivity index (χ4n) is 7.39. The van der Waals surface area contributed by atoms with Gasteiger partial charge in [0.1, 0.15) is 0 Å². The maximum atomic E-state index is 11.8. The summed E-state index contributed by atoms with van der Waals surface area (Å²) in [4.78, 5) is 67.8. The van der Waals surface area contributed by atoms with E-state index in [2.05, 4.69) is 0 Å². The molecule has 2 aliphatic rings.